The minimum Gasteiger partial charge on any atom is -0.231 e. The molecule has 0 saturated carbocycles. The lowest BCUT2D eigenvalue weighted by atomic mass is 10.0. The zero-order valence-electron chi connectivity index (χ0n) is 18.2. The molecule has 0 atom stereocenters. The molecule has 5 heteroatoms. The Hall–Kier alpha value is -3.05. The number of halogens is 1. The third kappa shape index (κ3) is 3.86. The van der Waals surface area contributed by atoms with E-state index >= 15 is 0 Å². The molecule has 0 amide bonds. The monoisotopic (exact) mass is 431 g/mol. The number of fused-ring (bicyclic) bond motifs is 2. The van der Waals surface area contributed by atoms with Crippen molar-refractivity contribution in [3.8, 4) is 10.6 Å². The number of hydrogen-bond donors (Lipinski definition) is 0. The number of allylic oxidation sites excluding steroid dienone is 4. The second-order valence-corrected chi connectivity index (χ2v) is 8.81. The molecule has 0 bridgehead atoms. The number of thiophene rings is 1. The van der Waals surface area contributed by atoms with Crippen LogP contribution in [0, 0.1) is 26.6 Å². The van der Waals surface area contributed by atoms with Crippen LogP contribution in [0.4, 0.5) is 4.39 Å². The van der Waals surface area contributed by atoms with E-state index in [4.69, 9.17) is 10.1 Å². The molecule has 4 rings (SSSR count). The molecule has 0 saturated heterocycles. The summed E-state index contributed by atoms with van der Waals surface area (Å²) in [5, 5.41) is 5.77. The Morgan fingerprint density at radius 3 is 2.71 bits per heavy atom. The van der Waals surface area contributed by atoms with E-state index in [0.717, 1.165) is 68.1 Å². The highest BCUT2D eigenvalue weighted by Gasteiger charge is 2.21. The van der Waals surface area contributed by atoms with Gasteiger partial charge in [0.2, 0.25) is 0 Å². The SMILES string of the molecule is C=CCC=C(CCC=C)c1cc(C)nn2c(-c3sc4ccc(F)cc4c3C)c(C)nc12. The Labute approximate surface area is 186 Å². The predicted molar refractivity (Wildman–Crippen MR) is 130 cm³/mol. The normalized spacial score (nSPS) is 12.1. The number of aromatic nitrogens is 3. The van der Waals surface area contributed by atoms with Gasteiger partial charge in [0.25, 0.3) is 0 Å². The van der Waals surface area contributed by atoms with Crippen molar-refractivity contribution < 1.29 is 4.39 Å². The van der Waals surface area contributed by atoms with Crippen molar-refractivity contribution in [2.24, 2.45) is 0 Å². The van der Waals surface area contributed by atoms with Gasteiger partial charge in [0.15, 0.2) is 5.65 Å². The van der Waals surface area contributed by atoms with Crippen LogP contribution in [-0.4, -0.2) is 14.6 Å². The number of rotatable bonds is 7. The van der Waals surface area contributed by atoms with Crippen LogP contribution < -0.4 is 0 Å². The van der Waals surface area contributed by atoms with Crippen molar-refractivity contribution in [3.05, 3.63) is 84.0 Å². The maximum absolute atomic E-state index is 13.9. The molecule has 3 nitrogen and oxygen atoms in total. The topological polar surface area (TPSA) is 30.2 Å². The molecule has 0 N–H and O–H groups in total. The average molecular weight is 432 g/mol. The first kappa shape index (κ1) is 21.2. The molecule has 0 aliphatic carbocycles. The third-order valence-electron chi connectivity index (χ3n) is 5.49. The molecule has 3 aromatic heterocycles. The van der Waals surface area contributed by atoms with E-state index in [1.165, 1.54) is 11.6 Å². The van der Waals surface area contributed by atoms with Gasteiger partial charge in [-0.15, -0.1) is 24.5 Å². The lowest BCUT2D eigenvalue weighted by Gasteiger charge is -2.10. The van der Waals surface area contributed by atoms with Crippen LogP contribution in [0.1, 0.15) is 41.8 Å². The Bertz CT molecular complexity index is 1340. The summed E-state index contributed by atoms with van der Waals surface area (Å²) in [5.41, 5.74) is 7.04. The molecule has 0 unspecified atom stereocenters. The fourth-order valence-electron chi connectivity index (χ4n) is 4.00. The van der Waals surface area contributed by atoms with Gasteiger partial charge in [-0.05, 0) is 80.8 Å². The van der Waals surface area contributed by atoms with Crippen molar-refractivity contribution in [1.82, 2.24) is 14.6 Å². The summed E-state index contributed by atoms with van der Waals surface area (Å²) in [6, 6.07) is 7.08. The van der Waals surface area contributed by atoms with Crippen LogP contribution in [0.2, 0.25) is 0 Å². The number of imidazole rings is 1. The minimum absolute atomic E-state index is 0.217. The summed E-state index contributed by atoms with van der Waals surface area (Å²) in [5.74, 6) is -0.217. The summed E-state index contributed by atoms with van der Waals surface area (Å²) in [6.07, 6.45) is 8.63. The smallest absolute Gasteiger partial charge is 0.162 e. The average Bonchev–Trinajstić information content (AvgIpc) is 3.23. The van der Waals surface area contributed by atoms with E-state index in [9.17, 15) is 4.39 Å². The van der Waals surface area contributed by atoms with E-state index in [0.29, 0.717) is 0 Å². The lowest BCUT2D eigenvalue weighted by molar-refractivity contribution is 0.630. The first-order valence-corrected chi connectivity index (χ1v) is 11.2. The molecule has 0 fully saturated rings. The van der Waals surface area contributed by atoms with Gasteiger partial charge in [-0.25, -0.2) is 13.9 Å². The molecule has 4 aromatic rings. The van der Waals surface area contributed by atoms with Crippen molar-refractivity contribution in [1.29, 1.82) is 0 Å². The van der Waals surface area contributed by atoms with Crippen LogP contribution in [0.15, 0.2) is 55.7 Å². The molecule has 31 heavy (non-hydrogen) atoms. The minimum atomic E-state index is -0.217. The van der Waals surface area contributed by atoms with Crippen LogP contribution in [0.3, 0.4) is 0 Å². The zero-order chi connectivity index (χ0) is 22.1. The van der Waals surface area contributed by atoms with E-state index < -0.39 is 0 Å². The Balaban J connectivity index is 1.98. The molecule has 0 radical (unpaired) electrons. The fourth-order valence-corrected chi connectivity index (χ4v) is 5.27. The fraction of sp³-hybridized carbons (Fsp3) is 0.231. The largest absolute Gasteiger partial charge is 0.231 e. The summed E-state index contributed by atoms with van der Waals surface area (Å²) >= 11 is 1.66. The van der Waals surface area contributed by atoms with Gasteiger partial charge < -0.3 is 0 Å². The number of benzene rings is 1. The molecule has 1 aromatic carbocycles. The molecule has 0 spiro atoms. The van der Waals surface area contributed by atoms with Gasteiger partial charge in [0.1, 0.15) is 11.5 Å². The van der Waals surface area contributed by atoms with Crippen LogP contribution >= 0.6 is 11.3 Å². The first-order chi connectivity index (χ1) is 14.9. The van der Waals surface area contributed by atoms with E-state index in [1.54, 1.807) is 17.4 Å². The van der Waals surface area contributed by atoms with Gasteiger partial charge in [-0.3, -0.25) is 0 Å². The zero-order valence-corrected chi connectivity index (χ0v) is 19.0. The van der Waals surface area contributed by atoms with Crippen molar-refractivity contribution in [3.63, 3.8) is 0 Å². The van der Waals surface area contributed by atoms with Gasteiger partial charge in [-0.1, -0.05) is 18.2 Å². The number of aryl methyl sites for hydroxylation is 3. The molecular formula is C26H26FN3S. The first-order valence-electron chi connectivity index (χ1n) is 10.4. The van der Waals surface area contributed by atoms with Gasteiger partial charge in [-0.2, -0.15) is 5.10 Å². The molecule has 3 heterocycles. The van der Waals surface area contributed by atoms with Crippen molar-refractivity contribution in [2.45, 2.75) is 40.0 Å². The van der Waals surface area contributed by atoms with Crippen molar-refractivity contribution in [2.75, 3.05) is 0 Å². The molecule has 0 aliphatic rings. The van der Waals surface area contributed by atoms with Gasteiger partial charge in [0, 0.05) is 10.3 Å². The van der Waals surface area contributed by atoms with E-state index in [1.807, 2.05) is 43.5 Å². The molecule has 158 valence electrons. The third-order valence-corrected chi connectivity index (χ3v) is 6.77. The Morgan fingerprint density at radius 1 is 1.16 bits per heavy atom. The lowest BCUT2D eigenvalue weighted by Crippen LogP contribution is -2.01. The van der Waals surface area contributed by atoms with Gasteiger partial charge >= 0.3 is 0 Å². The molecular weight excluding hydrogens is 405 g/mol. The van der Waals surface area contributed by atoms with E-state index in [-0.39, 0.29) is 5.82 Å². The summed E-state index contributed by atoms with van der Waals surface area (Å²) in [6.45, 7) is 13.8. The Morgan fingerprint density at radius 2 is 1.97 bits per heavy atom. The number of hydrogen-bond acceptors (Lipinski definition) is 3. The second kappa shape index (κ2) is 8.60. The van der Waals surface area contributed by atoms with Crippen molar-refractivity contribution >= 4 is 32.6 Å². The summed E-state index contributed by atoms with van der Waals surface area (Å²) in [4.78, 5) is 6.02. The van der Waals surface area contributed by atoms with Crippen LogP contribution in [0.5, 0.6) is 0 Å². The predicted octanol–water partition coefficient (Wildman–Crippen LogP) is 7.60. The maximum Gasteiger partial charge on any atom is 0.162 e. The number of nitrogens with zero attached hydrogens (tertiary/aromatic N) is 3. The van der Waals surface area contributed by atoms with Crippen LogP contribution in [0.25, 0.3) is 31.9 Å². The highest BCUT2D eigenvalue weighted by atomic mass is 32.1. The Kier molecular flexibility index (Phi) is 5.88. The van der Waals surface area contributed by atoms with E-state index in [2.05, 4.69) is 25.3 Å². The quantitative estimate of drug-likeness (QED) is 0.282. The summed E-state index contributed by atoms with van der Waals surface area (Å²) < 4.78 is 16.9. The standard InChI is InChI=1S/C26H26FN3S/c1-6-8-10-19(11-9-7-2)22-14-16(3)29-30-24(18(5)28-26(22)30)25-17(4)21-15-20(27)12-13-23(21)31-25/h6-7,10,12-15H,1-2,8-9,11H2,3-5H3. The molecule has 0 aliphatic heterocycles. The maximum atomic E-state index is 13.9. The van der Waals surface area contributed by atoms with Crippen LogP contribution in [-0.2, 0) is 0 Å². The second-order valence-electron chi connectivity index (χ2n) is 7.76. The van der Waals surface area contributed by atoms with Gasteiger partial charge in [0.05, 0.1) is 16.3 Å². The summed E-state index contributed by atoms with van der Waals surface area (Å²) in [7, 11) is 0. The highest BCUT2D eigenvalue weighted by Crippen LogP contribution is 2.40. The highest BCUT2D eigenvalue weighted by molar-refractivity contribution is 7.22.